The summed E-state index contributed by atoms with van der Waals surface area (Å²) in [5, 5.41) is 12.0. The minimum Gasteiger partial charge on any atom is -0.338 e. The second-order valence-electron chi connectivity index (χ2n) is 5.69. The molecule has 3 rings (SSSR count). The summed E-state index contributed by atoms with van der Waals surface area (Å²) in [6.45, 7) is 2.65. The van der Waals surface area contributed by atoms with Crippen LogP contribution in [-0.2, 0) is 22.6 Å². The third-order valence-electron chi connectivity index (χ3n) is 3.95. The largest absolute Gasteiger partial charge is 0.338 e. The first-order valence-corrected chi connectivity index (χ1v) is 8.46. The summed E-state index contributed by atoms with van der Waals surface area (Å²) in [5.41, 5.74) is 6.13. The number of amides is 1. The number of carbonyl (C=O) groups excluding carboxylic acids is 1. The van der Waals surface area contributed by atoms with Gasteiger partial charge in [0, 0.05) is 24.0 Å². The lowest BCUT2D eigenvalue weighted by Crippen LogP contribution is -2.16. The van der Waals surface area contributed by atoms with E-state index in [2.05, 4.69) is 32.8 Å². The average Bonchev–Trinajstić information content (AvgIpc) is 3.12. The molecule has 2 aromatic rings. The highest BCUT2D eigenvalue weighted by atomic mass is 79.9. The van der Waals surface area contributed by atoms with Crippen LogP contribution in [-0.4, -0.2) is 16.6 Å². The SMILES string of the molecule is CC(CCn1ccc(Br)c1C#N)ONc1cccc2c1CC(=O)N2. The molecule has 0 saturated heterocycles. The molecule has 1 aliphatic rings. The Balaban J connectivity index is 1.55. The molecule has 2 N–H and O–H groups in total. The number of aryl methyl sites for hydroxylation is 1. The number of nitrogens with one attached hydrogen (secondary N) is 2. The zero-order valence-corrected chi connectivity index (χ0v) is 14.8. The van der Waals surface area contributed by atoms with Crippen LogP contribution in [0.3, 0.4) is 0 Å². The first-order valence-electron chi connectivity index (χ1n) is 7.66. The van der Waals surface area contributed by atoms with Crippen LogP contribution in [0.25, 0.3) is 0 Å². The number of rotatable bonds is 6. The molecule has 0 aliphatic carbocycles. The van der Waals surface area contributed by atoms with E-state index in [0.29, 0.717) is 18.7 Å². The van der Waals surface area contributed by atoms with Gasteiger partial charge in [-0.15, -0.1) is 0 Å². The quantitative estimate of drug-likeness (QED) is 0.742. The normalized spacial score (nSPS) is 14.0. The molecule has 1 aromatic heterocycles. The number of hydrogen-bond acceptors (Lipinski definition) is 4. The summed E-state index contributed by atoms with van der Waals surface area (Å²) in [5.74, 6) is -0.00508. The van der Waals surface area contributed by atoms with Crippen LogP contribution in [0.4, 0.5) is 11.4 Å². The number of anilines is 2. The highest BCUT2D eigenvalue weighted by Gasteiger charge is 2.20. The lowest BCUT2D eigenvalue weighted by atomic mass is 10.1. The maximum absolute atomic E-state index is 11.5. The first-order chi connectivity index (χ1) is 11.6. The van der Waals surface area contributed by atoms with Crippen LogP contribution < -0.4 is 10.8 Å². The molecule has 1 unspecified atom stereocenters. The van der Waals surface area contributed by atoms with Crippen molar-refractivity contribution >= 4 is 33.2 Å². The fraction of sp³-hybridized carbons (Fsp3) is 0.294. The van der Waals surface area contributed by atoms with Gasteiger partial charge in [-0.2, -0.15) is 5.26 Å². The Morgan fingerprint density at radius 2 is 2.33 bits per heavy atom. The number of nitrogens with zero attached hydrogens (tertiary/aromatic N) is 2. The number of benzene rings is 1. The molecule has 124 valence electrons. The van der Waals surface area contributed by atoms with E-state index in [4.69, 9.17) is 10.1 Å². The minimum absolute atomic E-state index is 0.00508. The second-order valence-corrected chi connectivity index (χ2v) is 6.55. The predicted molar refractivity (Wildman–Crippen MR) is 94.4 cm³/mol. The average molecular weight is 389 g/mol. The lowest BCUT2D eigenvalue weighted by molar-refractivity contribution is -0.115. The number of hydrogen-bond donors (Lipinski definition) is 2. The minimum atomic E-state index is -0.0568. The third kappa shape index (κ3) is 3.45. The second kappa shape index (κ2) is 7.07. The highest BCUT2D eigenvalue weighted by Crippen LogP contribution is 2.30. The van der Waals surface area contributed by atoms with Gasteiger partial charge >= 0.3 is 0 Å². The van der Waals surface area contributed by atoms with Crippen molar-refractivity contribution in [2.75, 3.05) is 10.8 Å². The van der Waals surface area contributed by atoms with Crippen molar-refractivity contribution in [1.29, 1.82) is 5.26 Å². The van der Waals surface area contributed by atoms with Gasteiger partial charge in [-0.3, -0.25) is 15.1 Å². The van der Waals surface area contributed by atoms with Crippen molar-refractivity contribution in [3.63, 3.8) is 0 Å². The van der Waals surface area contributed by atoms with Crippen LogP contribution in [0.15, 0.2) is 34.9 Å². The van der Waals surface area contributed by atoms with E-state index in [9.17, 15) is 4.79 Å². The number of nitriles is 1. The Morgan fingerprint density at radius 3 is 3.12 bits per heavy atom. The van der Waals surface area contributed by atoms with Gasteiger partial charge in [0.2, 0.25) is 5.91 Å². The zero-order chi connectivity index (χ0) is 17.1. The Hall–Kier alpha value is -2.30. The van der Waals surface area contributed by atoms with Gasteiger partial charge in [-0.1, -0.05) is 6.07 Å². The molecule has 1 aliphatic heterocycles. The van der Waals surface area contributed by atoms with Crippen LogP contribution in [0.2, 0.25) is 0 Å². The number of aromatic nitrogens is 1. The Labute approximate surface area is 148 Å². The van der Waals surface area contributed by atoms with Gasteiger partial charge in [0.1, 0.15) is 11.8 Å². The van der Waals surface area contributed by atoms with E-state index in [0.717, 1.165) is 27.8 Å². The molecule has 2 heterocycles. The standard InChI is InChI=1S/C17H17BrN4O2/c1-11(5-7-22-8-6-13(18)16(22)10-19)24-21-15-4-2-3-14-12(15)9-17(23)20-14/h2-4,6,8,11,21H,5,7,9H2,1H3,(H,20,23). The van der Waals surface area contributed by atoms with Crippen LogP contribution in [0.5, 0.6) is 0 Å². The lowest BCUT2D eigenvalue weighted by Gasteiger charge is -2.16. The van der Waals surface area contributed by atoms with Crippen molar-refractivity contribution in [3.8, 4) is 6.07 Å². The van der Waals surface area contributed by atoms with Crippen LogP contribution in [0.1, 0.15) is 24.6 Å². The summed E-state index contributed by atoms with van der Waals surface area (Å²) in [7, 11) is 0. The molecule has 7 heteroatoms. The zero-order valence-electron chi connectivity index (χ0n) is 13.2. The van der Waals surface area contributed by atoms with Crippen molar-refractivity contribution in [2.24, 2.45) is 0 Å². The molecule has 1 aromatic carbocycles. The fourth-order valence-electron chi connectivity index (χ4n) is 2.64. The highest BCUT2D eigenvalue weighted by molar-refractivity contribution is 9.10. The molecule has 6 nitrogen and oxygen atoms in total. The van der Waals surface area contributed by atoms with E-state index in [1.165, 1.54) is 0 Å². The monoisotopic (exact) mass is 388 g/mol. The summed E-state index contributed by atoms with van der Waals surface area (Å²) in [6.07, 6.45) is 2.93. The van der Waals surface area contributed by atoms with Gasteiger partial charge in [0.25, 0.3) is 0 Å². The third-order valence-corrected chi connectivity index (χ3v) is 4.59. The van der Waals surface area contributed by atoms with Crippen LogP contribution in [0, 0.1) is 11.3 Å². The van der Waals surface area contributed by atoms with Crippen molar-refractivity contribution < 1.29 is 9.63 Å². The summed E-state index contributed by atoms with van der Waals surface area (Å²) >= 11 is 3.36. The van der Waals surface area contributed by atoms with E-state index in [1.54, 1.807) is 0 Å². The molecular formula is C17H17BrN4O2. The molecule has 0 radical (unpaired) electrons. The van der Waals surface area contributed by atoms with Gasteiger partial charge < -0.3 is 9.88 Å². The number of halogens is 1. The molecule has 24 heavy (non-hydrogen) atoms. The van der Waals surface area contributed by atoms with Crippen molar-refractivity contribution in [3.05, 3.63) is 46.2 Å². The molecular weight excluding hydrogens is 372 g/mol. The maximum Gasteiger partial charge on any atom is 0.228 e. The maximum atomic E-state index is 11.5. The topological polar surface area (TPSA) is 79.1 Å². The van der Waals surface area contributed by atoms with Gasteiger partial charge in [0.15, 0.2) is 0 Å². The predicted octanol–water partition coefficient (Wildman–Crippen LogP) is 3.44. The molecule has 0 saturated carbocycles. The Bertz CT molecular complexity index is 809. The molecule has 1 amide bonds. The Morgan fingerprint density at radius 1 is 1.50 bits per heavy atom. The molecule has 0 bridgehead atoms. The molecule has 0 spiro atoms. The van der Waals surface area contributed by atoms with Crippen molar-refractivity contribution in [1.82, 2.24) is 4.57 Å². The van der Waals surface area contributed by atoms with Crippen LogP contribution >= 0.6 is 15.9 Å². The summed E-state index contributed by atoms with van der Waals surface area (Å²) in [4.78, 5) is 17.2. The van der Waals surface area contributed by atoms with Gasteiger partial charge in [-0.05, 0) is 47.5 Å². The summed E-state index contributed by atoms with van der Waals surface area (Å²) in [6, 6.07) is 9.68. The van der Waals surface area contributed by atoms with E-state index in [-0.39, 0.29) is 12.0 Å². The van der Waals surface area contributed by atoms with Crippen molar-refractivity contribution in [2.45, 2.75) is 32.4 Å². The van der Waals surface area contributed by atoms with E-state index < -0.39 is 0 Å². The van der Waals surface area contributed by atoms with E-state index >= 15 is 0 Å². The Kier molecular flexibility index (Phi) is 4.88. The smallest absolute Gasteiger partial charge is 0.228 e. The number of carbonyl (C=O) groups is 1. The molecule has 0 fully saturated rings. The van der Waals surface area contributed by atoms with Gasteiger partial charge in [0.05, 0.1) is 22.7 Å². The van der Waals surface area contributed by atoms with Gasteiger partial charge in [-0.25, -0.2) is 0 Å². The fourth-order valence-corrected chi connectivity index (χ4v) is 3.07. The summed E-state index contributed by atoms with van der Waals surface area (Å²) < 4.78 is 2.70. The van der Waals surface area contributed by atoms with E-state index in [1.807, 2.05) is 42.0 Å². The molecule has 1 atom stereocenters. The number of fused-ring (bicyclic) bond motifs is 1. The first kappa shape index (κ1) is 16.6.